The largest absolute Gasteiger partial charge is 0.490 e. The summed E-state index contributed by atoms with van der Waals surface area (Å²) >= 11 is 3.45. The molecule has 128 valence electrons. The summed E-state index contributed by atoms with van der Waals surface area (Å²) in [5.41, 5.74) is 0.876. The molecule has 0 aliphatic carbocycles. The quantitative estimate of drug-likeness (QED) is 0.500. The van der Waals surface area contributed by atoms with E-state index in [-0.39, 0.29) is 17.1 Å². The van der Waals surface area contributed by atoms with Gasteiger partial charge in [0.15, 0.2) is 17.2 Å². The first-order chi connectivity index (χ1) is 11.5. The van der Waals surface area contributed by atoms with Crippen LogP contribution in [-0.2, 0) is 0 Å². The molecule has 0 bridgehead atoms. The number of nitrogens with zero attached hydrogens (tertiary/aromatic N) is 2. The fourth-order valence-corrected chi connectivity index (χ4v) is 2.69. The molecule has 0 saturated carbocycles. The lowest BCUT2D eigenvalue weighted by Gasteiger charge is -2.13. The van der Waals surface area contributed by atoms with Crippen molar-refractivity contribution in [3.8, 4) is 11.5 Å². The first-order valence-electron chi connectivity index (χ1n) is 7.35. The lowest BCUT2D eigenvalue weighted by atomic mass is 10.1. The maximum atomic E-state index is 11.1. The molecular weight excluding hydrogens is 380 g/mol. The summed E-state index contributed by atoms with van der Waals surface area (Å²) in [6, 6.07) is 3.63. The number of benzene rings is 1. The van der Waals surface area contributed by atoms with E-state index in [4.69, 9.17) is 14.0 Å². The fraction of sp³-hybridized carbons (Fsp3) is 0.312. The number of aromatic nitrogens is 1. The Bertz CT molecular complexity index is 770. The molecule has 1 aromatic carbocycles. The molecule has 0 amide bonds. The van der Waals surface area contributed by atoms with Gasteiger partial charge < -0.3 is 14.0 Å². The van der Waals surface area contributed by atoms with Gasteiger partial charge in [-0.2, -0.15) is 0 Å². The van der Waals surface area contributed by atoms with Crippen molar-refractivity contribution in [3.05, 3.63) is 43.7 Å². The molecule has 0 fully saturated rings. The lowest BCUT2D eigenvalue weighted by Crippen LogP contribution is -1.99. The number of hydrogen-bond acceptors (Lipinski definition) is 6. The summed E-state index contributed by atoms with van der Waals surface area (Å²) < 4.78 is 16.9. The fourth-order valence-electron chi connectivity index (χ4n) is 2.12. The first kappa shape index (κ1) is 18.0. The maximum Gasteiger partial charge on any atom is 0.338 e. The van der Waals surface area contributed by atoms with Crippen LogP contribution in [-0.4, -0.2) is 23.3 Å². The smallest absolute Gasteiger partial charge is 0.338 e. The van der Waals surface area contributed by atoms with Crippen molar-refractivity contribution in [2.45, 2.75) is 20.8 Å². The van der Waals surface area contributed by atoms with Crippen LogP contribution < -0.4 is 9.47 Å². The van der Waals surface area contributed by atoms with Crippen LogP contribution in [0.2, 0.25) is 0 Å². The van der Waals surface area contributed by atoms with Crippen LogP contribution in [0.25, 0.3) is 12.2 Å². The minimum Gasteiger partial charge on any atom is -0.490 e. The second-order valence-electron chi connectivity index (χ2n) is 4.77. The Balaban J connectivity index is 2.38. The third kappa shape index (κ3) is 3.94. The molecule has 2 rings (SSSR count). The summed E-state index contributed by atoms with van der Waals surface area (Å²) in [5.74, 6) is 1.31. The van der Waals surface area contributed by atoms with Crippen molar-refractivity contribution in [2.24, 2.45) is 0 Å². The highest BCUT2D eigenvalue weighted by Gasteiger charge is 2.22. The molecule has 1 aromatic heterocycles. The number of aryl methyl sites for hydroxylation is 1. The van der Waals surface area contributed by atoms with Crippen molar-refractivity contribution in [1.82, 2.24) is 5.16 Å². The van der Waals surface area contributed by atoms with Gasteiger partial charge in [0, 0.05) is 0 Å². The minimum atomic E-state index is -0.509. The van der Waals surface area contributed by atoms with E-state index in [9.17, 15) is 10.1 Å². The van der Waals surface area contributed by atoms with E-state index in [1.807, 2.05) is 19.9 Å². The third-order valence-corrected chi connectivity index (χ3v) is 3.68. The summed E-state index contributed by atoms with van der Waals surface area (Å²) in [6.45, 7) is 6.30. The Morgan fingerprint density at radius 1 is 1.29 bits per heavy atom. The van der Waals surface area contributed by atoms with Crippen LogP contribution in [0.5, 0.6) is 11.5 Å². The van der Waals surface area contributed by atoms with Gasteiger partial charge in [-0.3, -0.25) is 10.1 Å². The summed E-state index contributed by atoms with van der Waals surface area (Å²) in [5, 5.41) is 14.7. The van der Waals surface area contributed by atoms with E-state index in [0.29, 0.717) is 24.7 Å². The molecule has 0 unspecified atom stereocenters. The molecule has 0 radical (unpaired) electrons. The van der Waals surface area contributed by atoms with E-state index < -0.39 is 4.92 Å². The van der Waals surface area contributed by atoms with Crippen LogP contribution >= 0.6 is 15.9 Å². The Morgan fingerprint density at radius 2 is 2.00 bits per heavy atom. The molecule has 0 atom stereocenters. The lowest BCUT2D eigenvalue weighted by molar-refractivity contribution is -0.386. The van der Waals surface area contributed by atoms with Gasteiger partial charge in [-0.1, -0.05) is 11.2 Å². The molecule has 1 heterocycles. The molecular formula is C16H17BrN2O5. The van der Waals surface area contributed by atoms with Crippen LogP contribution in [0, 0.1) is 17.0 Å². The van der Waals surface area contributed by atoms with E-state index in [2.05, 4.69) is 21.1 Å². The average molecular weight is 397 g/mol. The van der Waals surface area contributed by atoms with E-state index >= 15 is 0 Å². The predicted molar refractivity (Wildman–Crippen MR) is 93.3 cm³/mol. The molecule has 2 aromatic rings. The van der Waals surface area contributed by atoms with Crippen LogP contribution in [0.15, 0.2) is 21.1 Å². The average Bonchev–Trinajstić information content (AvgIpc) is 2.90. The minimum absolute atomic E-state index is 0.0977. The van der Waals surface area contributed by atoms with Crippen molar-refractivity contribution in [1.29, 1.82) is 0 Å². The van der Waals surface area contributed by atoms with Gasteiger partial charge in [0.2, 0.25) is 5.76 Å². The SMILES string of the molecule is CCOc1cc(/C=C\c2onc(C)c2[N+](=O)[O-])cc(Br)c1OCC. The summed E-state index contributed by atoms with van der Waals surface area (Å²) in [4.78, 5) is 10.5. The number of rotatable bonds is 7. The maximum absolute atomic E-state index is 11.1. The summed E-state index contributed by atoms with van der Waals surface area (Å²) in [6.07, 6.45) is 3.20. The molecule has 0 N–H and O–H groups in total. The molecule has 0 aliphatic heterocycles. The second-order valence-corrected chi connectivity index (χ2v) is 5.62. The van der Waals surface area contributed by atoms with Crippen molar-refractivity contribution in [2.75, 3.05) is 13.2 Å². The number of halogens is 1. The Hall–Kier alpha value is -2.35. The van der Waals surface area contributed by atoms with E-state index in [1.165, 1.54) is 13.0 Å². The molecule has 8 heteroatoms. The molecule has 24 heavy (non-hydrogen) atoms. The van der Waals surface area contributed by atoms with Gasteiger partial charge in [-0.05, 0) is 60.5 Å². The Labute approximate surface area is 147 Å². The van der Waals surface area contributed by atoms with Crippen molar-refractivity contribution >= 4 is 33.8 Å². The number of hydrogen-bond donors (Lipinski definition) is 0. The monoisotopic (exact) mass is 396 g/mol. The zero-order valence-electron chi connectivity index (χ0n) is 13.5. The Morgan fingerprint density at radius 3 is 2.62 bits per heavy atom. The van der Waals surface area contributed by atoms with Gasteiger partial charge in [0.25, 0.3) is 0 Å². The first-order valence-corrected chi connectivity index (χ1v) is 8.15. The zero-order chi connectivity index (χ0) is 17.7. The Kier molecular flexibility index (Phi) is 5.97. The van der Waals surface area contributed by atoms with E-state index in [1.54, 1.807) is 12.1 Å². The summed E-state index contributed by atoms with van der Waals surface area (Å²) in [7, 11) is 0. The molecule has 7 nitrogen and oxygen atoms in total. The number of ether oxygens (including phenoxy) is 2. The standard InChI is InChI=1S/C16H17BrN2O5/c1-4-22-14-9-11(8-12(17)16(14)23-5-2)6-7-13-15(19(20)21)10(3)18-24-13/h6-9H,4-5H2,1-3H3/b7-6-. The van der Waals surface area contributed by atoms with Gasteiger partial charge in [0.1, 0.15) is 0 Å². The van der Waals surface area contributed by atoms with Gasteiger partial charge in [0.05, 0.1) is 22.6 Å². The van der Waals surface area contributed by atoms with Gasteiger partial charge in [-0.15, -0.1) is 0 Å². The highest BCUT2D eigenvalue weighted by atomic mass is 79.9. The van der Waals surface area contributed by atoms with Gasteiger partial charge >= 0.3 is 5.69 Å². The normalized spacial score (nSPS) is 11.0. The van der Waals surface area contributed by atoms with Crippen LogP contribution in [0.1, 0.15) is 30.9 Å². The predicted octanol–water partition coefficient (Wildman–Crippen LogP) is 4.62. The topological polar surface area (TPSA) is 87.6 Å². The highest BCUT2D eigenvalue weighted by Crippen LogP contribution is 2.37. The molecule has 0 saturated heterocycles. The zero-order valence-corrected chi connectivity index (χ0v) is 15.1. The molecule has 0 aliphatic rings. The van der Waals surface area contributed by atoms with Crippen molar-refractivity contribution in [3.63, 3.8) is 0 Å². The highest BCUT2D eigenvalue weighted by molar-refractivity contribution is 9.10. The molecule has 0 spiro atoms. The van der Waals surface area contributed by atoms with Crippen molar-refractivity contribution < 1.29 is 18.9 Å². The van der Waals surface area contributed by atoms with Crippen LogP contribution in [0.4, 0.5) is 5.69 Å². The van der Waals surface area contributed by atoms with Crippen LogP contribution in [0.3, 0.4) is 0 Å². The van der Waals surface area contributed by atoms with E-state index in [0.717, 1.165) is 10.0 Å². The number of nitro groups is 1. The second kappa shape index (κ2) is 7.96. The third-order valence-electron chi connectivity index (χ3n) is 3.09. The van der Waals surface area contributed by atoms with Gasteiger partial charge in [-0.25, -0.2) is 0 Å².